The predicted molar refractivity (Wildman–Crippen MR) is 86.9 cm³/mol. The first kappa shape index (κ1) is 14.4. The summed E-state index contributed by atoms with van der Waals surface area (Å²) in [7, 11) is 0. The van der Waals surface area contributed by atoms with E-state index in [9.17, 15) is 4.79 Å². The second-order valence-electron chi connectivity index (χ2n) is 5.33. The van der Waals surface area contributed by atoms with Crippen molar-refractivity contribution < 1.29 is 19.0 Å². The van der Waals surface area contributed by atoms with Crippen LogP contribution in [-0.4, -0.2) is 30.1 Å². The molecule has 1 aromatic carbocycles. The van der Waals surface area contributed by atoms with E-state index in [0.29, 0.717) is 30.3 Å². The minimum atomic E-state index is -0.478. The summed E-state index contributed by atoms with van der Waals surface area (Å²) in [6, 6.07) is 9.00. The van der Waals surface area contributed by atoms with Crippen LogP contribution >= 0.6 is 0 Å². The second-order valence-corrected chi connectivity index (χ2v) is 5.33. The first-order valence-corrected chi connectivity index (χ1v) is 7.62. The molecule has 2 aliphatic rings. The maximum Gasteiger partial charge on any atom is 0.363 e. The number of cyclic esters (lactones) is 1. The Kier molecular flexibility index (Phi) is 3.70. The zero-order valence-corrected chi connectivity index (χ0v) is 12.8. The summed E-state index contributed by atoms with van der Waals surface area (Å²) in [5.74, 6) is 1.19. The van der Waals surface area contributed by atoms with E-state index in [1.54, 1.807) is 30.6 Å². The third-order valence-electron chi connectivity index (χ3n) is 3.62. The molecule has 0 aliphatic carbocycles. The van der Waals surface area contributed by atoms with Gasteiger partial charge in [-0.25, -0.2) is 9.79 Å². The van der Waals surface area contributed by atoms with Gasteiger partial charge >= 0.3 is 5.97 Å². The van der Waals surface area contributed by atoms with Gasteiger partial charge in [-0.2, -0.15) is 0 Å². The van der Waals surface area contributed by atoms with Gasteiger partial charge in [0, 0.05) is 24.4 Å². The summed E-state index contributed by atoms with van der Waals surface area (Å²) in [5, 5.41) is 0. The number of hydrogen-bond acceptors (Lipinski definition) is 6. The predicted octanol–water partition coefficient (Wildman–Crippen LogP) is 2.59. The highest BCUT2D eigenvalue weighted by Crippen LogP contribution is 2.31. The Morgan fingerprint density at radius 3 is 2.62 bits per heavy atom. The topological polar surface area (TPSA) is 70.0 Å². The molecule has 0 atom stereocenters. The van der Waals surface area contributed by atoms with Crippen molar-refractivity contribution in [2.45, 2.75) is 6.42 Å². The van der Waals surface area contributed by atoms with Crippen molar-refractivity contribution in [3.05, 3.63) is 59.5 Å². The summed E-state index contributed by atoms with van der Waals surface area (Å²) in [5.41, 5.74) is 1.75. The normalized spacial score (nSPS) is 18.1. The van der Waals surface area contributed by atoms with Crippen molar-refractivity contribution in [3.8, 4) is 11.5 Å². The number of nitrogens with zero attached hydrogens (tertiary/aromatic N) is 2. The molecule has 120 valence electrons. The highest BCUT2D eigenvalue weighted by Gasteiger charge is 2.24. The van der Waals surface area contributed by atoms with Crippen LogP contribution in [0, 0.1) is 0 Å². The Hall–Kier alpha value is -3.15. The highest BCUT2D eigenvalue weighted by molar-refractivity contribution is 6.12. The lowest BCUT2D eigenvalue weighted by Crippen LogP contribution is -2.05. The summed E-state index contributed by atoms with van der Waals surface area (Å²) in [6.07, 6.45) is 5.76. The van der Waals surface area contributed by atoms with Crippen LogP contribution in [0.5, 0.6) is 11.5 Å². The fourth-order valence-electron chi connectivity index (χ4n) is 2.45. The van der Waals surface area contributed by atoms with E-state index in [0.717, 1.165) is 12.0 Å². The van der Waals surface area contributed by atoms with Crippen LogP contribution in [0.3, 0.4) is 0 Å². The smallest absolute Gasteiger partial charge is 0.363 e. The van der Waals surface area contributed by atoms with E-state index in [-0.39, 0.29) is 11.6 Å². The average Bonchev–Trinajstić information content (AvgIpc) is 2.83. The molecule has 4 rings (SSSR count). The van der Waals surface area contributed by atoms with E-state index in [4.69, 9.17) is 14.2 Å². The Morgan fingerprint density at radius 2 is 1.79 bits per heavy atom. The molecule has 0 amide bonds. The van der Waals surface area contributed by atoms with Crippen LogP contribution in [0.4, 0.5) is 0 Å². The van der Waals surface area contributed by atoms with Crippen molar-refractivity contribution in [2.24, 2.45) is 4.99 Å². The van der Waals surface area contributed by atoms with Gasteiger partial charge in [0.15, 0.2) is 17.2 Å². The van der Waals surface area contributed by atoms with Crippen molar-refractivity contribution in [2.75, 3.05) is 13.2 Å². The molecule has 3 heterocycles. The minimum Gasteiger partial charge on any atom is -0.490 e. The molecule has 0 unspecified atom stereocenters. The van der Waals surface area contributed by atoms with Crippen molar-refractivity contribution in [1.82, 2.24) is 4.98 Å². The van der Waals surface area contributed by atoms with Gasteiger partial charge < -0.3 is 14.2 Å². The fourth-order valence-corrected chi connectivity index (χ4v) is 2.45. The van der Waals surface area contributed by atoms with Crippen LogP contribution in [0.25, 0.3) is 6.08 Å². The second kappa shape index (κ2) is 6.16. The zero-order valence-electron chi connectivity index (χ0n) is 12.8. The van der Waals surface area contributed by atoms with Crippen LogP contribution in [0.1, 0.15) is 17.5 Å². The maximum atomic E-state index is 12.0. The van der Waals surface area contributed by atoms with Crippen LogP contribution in [0.15, 0.2) is 53.4 Å². The zero-order chi connectivity index (χ0) is 16.4. The number of benzene rings is 1. The van der Waals surface area contributed by atoms with Crippen molar-refractivity contribution in [1.29, 1.82) is 0 Å². The quantitative estimate of drug-likeness (QED) is 0.628. The molecule has 2 aromatic rings. The number of aliphatic imine (C=N–C) groups is 1. The van der Waals surface area contributed by atoms with Crippen LogP contribution in [0.2, 0.25) is 0 Å². The molecule has 0 saturated carbocycles. The summed E-state index contributed by atoms with van der Waals surface area (Å²) < 4.78 is 16.5. The van der Waals surface area contributed by atoms with Gasteiger partial charge in [0.05, 0.1) is 13.2 Å². The number of carbonyl (C=O) groups excluding carboxylic acids is 1. The average molecular weight is 322 g/mol. The molecule has 2 aliphatic heterocycles. The fraction of sp³-hybridized carbons (Fsp3) is 0.167. The summed E-state index contributed by atoms with van der Waals surface area (Å²) >= 11 is 0. The van der Waals surface area contributed by atoms with Crippen LogP contribution < -0.4 is 9.47 Å². The van der Waals surface area contributed by atoms with Gasteiger partial charge in [-0.1, -0.05) is 6.07 Å². The van der Waals surface area contributed by atoms with Crippen LogP contribution in [-0.2, 0) is 9.53 Å². The first-order chi connectivity index (χ1) is 11.8. The number of carbonyl (C=O) groups is 1. The number of aromatic nitrogens is 1. The molecule has 0 fully saturated rings. The van der Waals surface area contributed by atoms with Crippen molar-refractivity contribution >= 4 is 17.9 Å². The number of fused-ring (bicyclic) bond motifs is 1. The monoisotopic (exact) mass is 322 g/mol. The van der Waals surface area contributed by atoms with E-state index < -0.39 is 5.97 Å². The minimum absolute atomic E-state index is 0.247. The molecule has 1 aromatic heterocycles. The number of hydrogen-bond donors (Lipinski definition) is 0. The molecule has 6 nitrogen and oxygen atoms in total. The molecule has 0 N–H and O–H groups in total. The standard InChI is InChI=1S/C18H14N2O4/c21-18-14(20-17(24-18)13-4-6-19-7-5-13)10-12-2-3-15-16(11-12)23-9-1-8-22-15/h2-7,10-11H,1,8-9H2/b14-10+. The Morgan fingerprint density at radius 1 is 1.00 bits per heavy atom. The lowest BCUT2D eigenvalue weighted by molar-refractivity contribution is -0.129. The van der Waals surface area contributed by atoms with E-state index in [1.807, 2.05) is 18.2 Å². The maximum absolute atomic E-state index is 12.0. The van der Waals surface area contributed by atoms with Crippen molar-refractivity contribution in [3.63, 3.8) is 0 Å². The lowest BCUT2D eigenvalue weighted by atomic mass is 10.1. The van der Waals surface area contributed by atoms with E-state index >= 15 is 0 Å². The van der Waals surface area contributed by atoms with E-state index in [1.165, 1.54) is 0 Å². The SMILES string of the molecule is O=C1OC(c2ccncc2)=N/C1=C/c1ccc2c(c1)OCCCO2. The molecule has 24 heavy (non-hydrogen) atoms. The number of pyridine rings is 1. The molecular weight excluding hydrogens is 308 g/mol. The molecule has 0 spiro atoms. The van der Waals surface area contributed by atoms with E-state index in [2.05, 4.69) is 9.98 Å². The molecule has 0 radical (unpaired) electrons. The summed E-state index contributed by atoms with van der Waals surface area (Å²) in [4.78, 5) is 20.2. The highest BCUT2D eigenvalue weighted by atomic mass is 16.6. The summed E-state index contributed by atoms with van der Waals surface area (Å²) in [6.45, 7) is 1.25. The largest absolute Gasteiger partial charge is 0.490 e. The van der Waals surface area contributed by atoms with Gasteiger partial charge in [-0.15, -0.1) is 0 Å². The third-order valence-corrected chi connectivity index (χ3v) is 3.62. The number of rotatable bonds is 2. The Balaban J connectivity index is 1.64. The Bertz CT molecular complexity index is 843. The lowest BCUT2D eigenvalue weighted by Gasteiger charge is -2.07. The number of esters is 1. The molecular formula is C18H14N2O4. The number of ether oxygens (including phenoxy) is 3. The Labute approximate surface area is 138 Å². The first-order valence-electron chi connectivity index (χ1n) is 7.62. The molecule has 6 heteroatoms. The van der Waals surface area contributed by atoms with Gasteiger partial charge in [0.2, 0.25) is 5.90 Å². The van der Waals surface area contributed by atoms with Gasteiger partial charge in [-0.05, 0) is 35.9 Å². The third kappa shape index (κ3) is 2.86. The van der Waals surface area contributed by atoms with Gasteiger partial charge in [0.1, 0.15) is 0 Å². The van der Waals surface area contributed by atoms with Gasteiger partial charge in [0.25, 0.3) is 0 Å². The molecule has 0 bridgehead atoms. The van der Waals surface area contributed by atoms with Gasteiger partial charge in [-0.3, -0.25) is 4.98 Å². The molecule has 0 saturated heterocycles.